The van der Waals surface area contributed by atoms with Crippen LogP contribution in [0.3, 0.4) is 0 Å². The van der Waals surface area contributed by atoms with Gasteiger partial charge in [0.25, 0.3) is 5.91 Å². The van der Waals surface area contributed by atoms with Crippen LogP contribution in [0.25, 0.3) is 0 Å². The number of nitrogens with one attached hydrogen (secondary N) is 1. The minimum absolute atomic E-state index is 0.182. The van der Waals surface area contributed by atoms with E-state index < -0.39 is 37.0 Å². The summed E-state index contributed by atoms with van der Waals surface area (Å²) >= 11 is 7.60. The third-order valence-corrected chi connectivity index (χ3v) is 7.83. The molecule has 0 unspecified atom stereocenters. The molecule has 2 fully saturated rings. The first-order chi connectivity index (χ1) is 13.6. The first-order valence-corrected chi connectivity index (χ1v) is 14.1. The van der Waals surface area contributed by atoms with Crippen molar-refractivity contribution in [2.24, 2.45) is 0 Å². The van der Waals surface area contributed by atoms with Crippen molar-refractivity contribution >= 4 is 49.5 Å². The molecule has 1 aromatic carbocycles. The Bertz CT molecular complexity index is 806. The van der Waals surface area contributed by atoms with Crippen LogP contribution in [-0.2, 0) is 18.8 Å². The van der Waals surface area contributed by atoms with Crippen LogP contribution >= 0.6 is 23.4 Å². The van der Waals surface area contributed by atoms with Crippen molar-refractivity contribution in [2.45, 2.75) is 48.8 Å². The van der Waals surface area contributed by atoms with Crippen LogP contribution in [0.5, 0.6) is 5.75 Å². The zero-order valence-electron chi connectivity index (χ0n) is 16.8. The fourth-order valence-corrected chi connectivity index (χ4v) is 6.02. The monoisotopic (exact) mass is 456 g/mol. The highest BCUT2D eigenvalue weighted by atomic mass is 35.5. The van der Waals surface area contributed by atoms with E-state index in [0.29, 0.717) is 5.75 Å². The number of para-hydroxylation sites is 1. The molecule has 2 saturated heterocycles. The molecule has 0 aliphatic carbocycles. The maximum Gasteiger partial charge on any atom is 0.317 e. The lowest BCUT2D eigenvalue weighted by Gasteiger charge is -2.44. The van der Waals surface area contributed by atoms with E-state index in [1.807, 2.05) is 44.8 Å². The largest absolute Gasteiger partial charge is 0.518 e. The molecule has 2 heterocycles. The van der Waals surface area contributed by atoms with Gasteiger partial charge in [-0.05, 0) is 38.7 Å². The summed E-state index contributed by atoms with van der Waals surface area (Å²) in [7, 11) is -2.12. The van der Waals surface area contributed by atoms with Crippen molar-refractivity contribution in [2.75, 3.05) is 12.5 Å². The Morgan fingerprint density at radius 2 is 1.93 bits per heavy atom. The number of fused-ring (bicyclic) bond motifs is 1. The molecule has 7 nitrogen and oxygen atoms in total. The van der Waals surface area contributed by atoms with Crippen LogP contribution in [0.2, 0.25) is 19.6 Å². The maximum atomic E-state index is 12.8. The fourth-order valence-electron chi connectivity index (χ4n) is 3.36. The summed E-state index contributed by atoms with van der Waals surface area (Å²) in [4.78, 5) is 39.3. The van der Waals surface area contributed by atoms with E-state index in [1.165, 1.54) is 16.7 Å². The van der Waals surface area contributed by atoms with Crippen molar-refractivity contribution in [1.29, 1.82) is 0 Å². The van der Waals surface area contributed by atoms with E-state index in [0.717, 1.165) is 0 Å². The van der Waals surface area contributed by atoms with Crippen LogP contribution in [0, 0.1) is 0 Å². The molecule has 0 radical (unpaired) electrons. The van der Waals surface area contributed by atoms with Crippen molar-refractivity contribution in [3.8, 4) is 5.75 Å². The molecule has 0 spiro atoms. The highest BCUT2D eigenvalue weighted by Gasteiger charge is 2.65. The van der Waals surface area contributed by atoms with Crippen LogP contribution in [-0.4, -0.2) is 65.7 Å². The van der Waals surface area contributed by atoms with E-state index in [1.54, 1.807) is 12.1 Å². The number of halogens is 1. The number of amides is 2. The first kappa shape index (κ1) is 22.0. The lowest BCUT2D eigenvalue weighted by atomic mass is 9.96. The molecule has 2 aliphatic rings. The number of carbonyl (C=O) groups is 3. The van der Waals surface area contributed by atoms with E-state index in [4.69, 9.17) is 20.8 Å². The Morgan fingerprint density at radius 3 is 2.52 bits per heavy atom. The molecular weight excluding hydrogens is 432 g/mol. The average molecular weight is 457 g/mol. The van der Waals surface area contributed by atoms with Gasteiger partial charge in [-0.2, -0.15) is 0 Å². The predicted octanol–water partition coefficient (Wildman–Crippen LogP) is 2.21. The molecule has 0 bridgehead atoms. The van der Waals surface area contributed by atoms with Gasteiger partial charge in [0.1, 0.15) is 23.2 Å². The molecule has 29 heavy (non-hydrogen) atoms. The van der Waals surface area contributed by atoms with Gasteiger partial charge < -0.3 is 19.4 Å². The Labute approximate surface area is 180 Å². The lowest BCUT2D eigenvalue weighted by Crippen LogP contribution is -2.71. The first-order valence-electron chi connectivity index (χ1n) is 9.32. The quantitative estimate of drug-likeness (QED) is 0.384. The minimum Gasteiger partial charge on any atom is -0.518 e. The summed E-state index contributed by atoms with van der Waals surface area (Å²) in [6, 6.07) is 7.49. The second kappa shape index (κ2) is 8.20. The zero-order valence-corrected chi connectivity index (χ0v) is 19.4. The van der Waals surface area contributed by atoms with E-state index in [9.17, 15) is 14.4 Å². The third-order valence-electron chi connectivity index (χ3n) is 4.65. The second-order valence-corrected chi connectivity index (χ2v) is 14.6. The van der Waals surface area contributed by atoms with Gasteiger partial charge in [0.05, 0.1) is 4.75 Å². The highest BCUT2D eigenvalue weighted by molar-refractivity contribution is 8.01. The molecule has 4 atom stereocenters. The van der Waals surface area contributed by atoms with Gasteiger partial charge in [-0.25, -0.2) is 0 Å². The molecule has 1 N–H and O–H groups in total. The van der Waals surface area contributed by atoms with Crippen molar-refractivity contribution in [3.05, 3.63) is 30.3 Å². The number of nitrogens with zero attached hydrogens (tertiary/aromatic N) is 1. The smallest absolute Gasteiger partial charge is 0.317 e. The van der Waals surface area contributed by atoms with Crippen LogP contribution in [0.4, 0.5) is 0 Å². The third kappa shape index (κ3) is 4.56. The predicted molar refractivity (Wildman–Crippen MR) is 114 cm³/mol. The number of thioether (sulfide) groups is 1. The summed E-state index contributed by atoms with van der Waals surface area (Å²) in [5.74, 6) is -0.368. The molecular formula is C19H25ClN2O5SSi. The average Bonchev–Trinajstić information content (AvgIpc) is 2.94. The number of β-lactam (4-membered cyclic amide) rings is 1. The van der Waals surface area contributed by atoms with E-state index in [-0.39, 0.29) is 23.8 Å². The number of carbonyl (C=O) groups excluding carboxylic acids is 3. The molecule has 158 valence electrons. The Hall–Kier alpha value is -1.71. The topological polar surface area (TPSA) is 84.9 Å². The summed E-state index contributed by atoms with van der Waals surface area (Å²) in [6.45, 7) is 7.39. The molecule has 10 heteroatoms. The van der Waals surface area contributed by atoms with Gasteiger partial charge in [0, 0.05) is 5.88 Å². The summed E-state index contributed by atoms with van der Waals surface area (Å²) in [5.41, 5.74) is 0. The summed E-state index contributed by atoms with van der Waals surface area (Å²) in [5, 5.41) is 2.36. The molecule has 2 amide bonds. The van der Waals surface area contributed by atoms with Gasteiger partial charge in [0.15, 0.2) is 6.61 Å². The molecule has 3 rings (SSSR count). The number of rotatable bonds is 7. The highest BCUT2D eigenvalue weighted by Crippen LogP contribution is 2.52. The van der Waals surface area contributed by atoms with Gasteiger partial charge in [-0.15, -0.1) is 23.4 Å². The zero-order chi connectivity index (χ0) is 21.4. The van der Waals surface area contributed by atoms with Gasteiger partial charge >= 0.3 is 5.97 Å². The van der Waals surface area contributed by atoms with Crippen LogP contribution in [0.1, 0.15) is 6.92 Å². The van der Waals surface area contributed by atoms with E-state index in [2.05, 4.69) is 5.32 Å². The normalized spacial score (nSPS) is 28.4. The van der Waals surface area contributed by atoms with Crippen LogP contribution in [0.15, 0.2) is 30.3 Å². The van der Waals surface area contributed by atoms with Gasteiger partial charge in [0.2, 0.25) is 14.2 Å². The van der Waals surface area contributed by atoms with Crippen molar-refractivity contribution in [3.63, 3.8) is 0 Å². The Balaban J connectivity index is 1.65. The molecule has 2 aliphatic heterocycles. The molecule has 0 saturated carbocycles. The Morgan fingerprint density at radius 1 is 1.28 bits per heavy atom. The van der Waals surface area contributed by atoms with Gasteiger partial charge in [-0.1, -0.05) is 18.2 Å². The lowest BCUT2D eigenvalue weighted by molar-refractivity contribution is -0.160. The SMILES string of the molecule is C[C@@]1(CCl)S[C@H]2[C@H](NC(=O)COc3ccccc3)C(=O)N2[C@H]1C(=O)O[Si](C)(C)C. The van der Waals surface area contributed by atoms with Crippen molar-refractivity contribution < 1.29 is 23.5 Å². The Kier molecular flexibility index (Phi) is 6.21. The number of ether oxygens (including phenoxy) is 1. The summed E-state index contributed by atoms with van der Waals surface area (Å²) < 4.78 is 10.4. The minimum atomic E-state index is -2.12. The summed E-state index contributed by atoms with van der Waals surface area (Å²) in [6.07, 6.45) is 0. The fraction of sp³-hybridized carbons (Fsp3) is 0.526. The number of hydrogen-bond acceptors (Lipinski definition) is 6. The molecule has 0 aromatic heterocycles. The van der Waals surface area contributed by atoms with Crippen LogP contribution < -0.4 is 10.1 Å². The standard InChI is InChI=1S/C19H25ClN2O5SSi/c1-19(11-20)15(18(25)27-29(2,3)4)22-16(24)14(17(22)28-19)21-13(23)10-26-12-8-6-5-7-9-12/h5-9,14-15,17H,10-11H2,1-4H3,(H,21,23)/t14-,15+,17+,19+/m1/s1. The number of hydrogen-bond donors (Lipinski definition) is 1. The van der Waals surface area contributed by atoms with Crippen molar-refractivity contribution in [1.82, 2.24) is 10.2 Å². The van der Waals surface area contributed by atoms with Gasteiger partial charge in [-0.3, -0.25) is 14.4 Å². The van der Waals surface area contributed by atoms with E-state index >= 15 is 0 Å². The molecule has 1 aromatic rings. The second-order valence-electron chi connectivity index (χ2n) is 8.28. The number of benzene rings is 1. The number of alkyl halides is 1. The maximum absolute atomic E-state index is 12.8.